The molecule has 3 saturated heterocycles. The predicted octanol–water partition coefficient (Wildman–Crippen LogP) is 4.29. The minimum absolute atomic E-state index is 0.0303. The minimum Gasteiger partial charge on any atom is -0.459 e. The third-order valence-electron chi connectivity index (χ3n) is 13.1. The highest BCUT2D eigenvalue weighted by Gasteiger charge is 2.54. The summed E-state index contributed by atoms with van der Waals surface area (Å²) in [6.07, 6.45) is -6.64. The van der Waals surface area contributed by atoms with Gasteiger partial charge >= 0.3 is 11.9 Å². The van der Waals surface area contributed by atoms with Gasteiger partial charge in [0.2, 0.25) is 0 Å². The lowest BCUT2D eigenvalue weighted by atomic mass is 9.73. The monoisotopic (exact) mass is 788 g/mol. The van der Waals surface area contributed by atoms with Crippen molar-refractivity contribution in [3.05, 3.63) is 0 Å². The summed E-state index contributed by atoms with van der Waals surface area (Å²) in [7, 11) is 6.99. The number of ketones is 1. The van der Waals surface area contributed by atoms with Crippen molar-refractivity contribution in [2.45, 2.75) is 187 Å². The molecule has 0 spiro atoms. The van der Waals surface area contributed by atoms with Crippen LogP contribution in [0.25, 0.3) is 0 Å². The van der Waals surface area contributed by atoms with Gasteiger partial charge < -0.3 is 53.0 Å². The molecule has 0 aromatic carbocycles. The normalized spacial score (nSPS) is 46.9. The summed E-state index contributed by atoms with van der Waals surface area (Å²) >= 11 is 0. The maximum absolute atomic E-state index is 14.3. The zero-order valence-electron chi connectivity index (χ0n) is 36.3. The number of aliphatic hydroxyl groups excluding tert-OH is 1. The first-order chi connectivity index (χ1) is 25.4. The number of ether oxygens (including phenoxy) is 8. The van der Waals surface area contributed by atoms with Crippen LogP contribution in [0, 0.1) is 29.6 Å². The van der Waals surface area contributed by atoms with Gasteiger partial charge in [0.15, 0.2) is 18.7 Å². The number of carbonyl (C=O) groups excluding carboxylic acids is 3. The highest BCUT2D eigenvalue weighted by molar-refractivity contribution is 5.83. The Morgan fingerprint density at radius 1 is 0.891 bits per heavy atom. The maximum Gasteiger partial charge on any atom is 0.311 e. The zero-order chi connectivity index (χ0) is 42.0. The van der Waals surface area contributed by atoms with E-state index >= 15 is 0 Å². The first-order valence-electron chi connectivity index (χ1n) is 20.1. The number of aliphatic hydroxyl groups is 2. The van der Waals surface area contributed by atoms with Crippen LogP contribution in [0.3, 0.4) is 0 Å². The highest BCUT2D eigenvalue weighted by atomic mass is 16.7. The average Bonchev–Trinajstić information content (AvgIpc) is 3.12. The van der Waals surface area contributed by atoms with Crippen LogP contribution in [0.4, 0.5) is 0 Å². The van der Waals surface area contributed by atoms with E-state index in [1.165, 1.54) is 21.0 Å². The zero-order valence-corrected chi connectivity index (χ0v) is 36.3. The lowest BCUT2D eigenvalue weighted by Crippen LogP contribution is -2.61. The Bertz CT molecular complexity index is 1300. The SMILES string of the molecule is CC[C@H]1OC(=O)[C@H](C)[C@@H](O[C@H]2C[C@@](C)(OC)[C@@H](C)[C@H](C)O2)[C@H](C)[C@@H](O[C@@H]2O[C@H](C)C[C@H](N(C)C)[C@H]2OC(C)=O)[C@](C)(OC)C[C@@H](C)C(=O)[C@H](C)[C@@H](O)[C@]1(C)O. The number of likely N-dealkylation sites (N-methyl/N-ethyl adjacent to an activating group) is 1. The van der Waals surface area contributed by atoms with E-state index in [0.717, 1.165) is 0 Å². The number of nitrogens with zero attached hydrogens (tertiary/aromatic N) is 1. The van der Waals surface area contributed by atoms with Crippen LogP contribution in [0.15, 0.2) is 0 Å². The Kier molecular flexibility index (Phi) is 16.4. The molecule has 0 bridgehead atoms. The Morgan fingerprint density at radius 3 is 2.02 bits per heavy atom. The Labute approximate surface area is 329 Å². The minimum atomic E-state index is -1.96. The molecule has 0 amide bonds. The molecule has 14 nitrogen and oxygen atoms in total. The van der Waals surface area contributed by atoms with Gasteiger partial charge in [-0.25, -0.2) is 0 Å². The molecule has 3 fully saturated rings. The summed E-state index contributed by atoms with van der Waals surface area (Å²) in [4.78, 5) is 42.9. The van der Waals surface area contributed by atoms with Gasteiger partial charge in [-0.3, -0.25) is 14.4 Å². The van der Waals surface area contributed by atoms with E-state index in [2.05, 4.69) is 6.92 Å². The van der Waals surface area contributed by atoms with Crippen molar-refractivity contribution in [3.8, 4) is 0 Å². The van der Waals surface area contributed by atoms with Gasteiger partial charge in [0.25, 0.3) is 0 Å². The van der Waals surface area contributed by atoms with Crippen LogP contribution in [-0.2, 0) is 52.3 Å². The molecule has 2 N–H and O–H groups in total. The van der Waals surface area contributed by atoms with Gasteiger partial charge in [0.1, 0.15) is 17.5 Å². The summed E-state index contributed by atoms with van der Waals surface area (Å²) in [6, 6.07) is -0.256. The second kappa shape index (κ2) is 18.9. The molecule has 18 atom stereocenters. The summed E-state index contributed by atoms with van der Waals surface area (Å²) < 4.78 is 51.0. The number of esters is 2. The number of carbonyl (C=O) groups is 3. The smallest absolute Gasteiger partial charge is 0.311 e. The van der Waals surface area contributed by atoms with E-state index in [0.29, 0.717) is 12.8 Å². The molecule has 3 heterocycles. The average molecular weight is 788 g/mol. The van der Waals surface area contributed by atoms with Gasteiger partial charge in [-0.1, -0.05) is 34.6 Å². The van der Waals surface area contributed by atoms with Crippen LogP contribution in [0.2, 0.25) is 0 Å². The second-order valence-electron chi connectivity index (χ2n) is 17.6. The first-order valence-corrected chi connectivity index (χ1v) is 20.1. The van der Waals surface area contributed by atoms with Crippen LogP contribution in [0.5, 0.6) is 0 Å². The fourth-order valence-corrected chi connectivity index (χ4v) is 9.06. The highest BCUT2D eigenvalue weighted by Crippen LogP contribution is 2.43. The fraction of sp³-hybridized carbons (Fsp3) is 0.927. The topological polar surface area (TPSA) is 169 Å². The van der Waals surface area contributed by atoms with Crippen LogP contribution in [-0.4, -0.2) is 139 Å². The molecule has 320 valence electrons. The molecule has 0 aliphatic carbocycles. The molecule has 55 heavy (non-hydrogen) atoms. The third kappa shape index (κ3) is 10.5. The fourth-order valence-electron chi connectivity index (χ4n) is 9.06. The van der Waals surface area contributed by atoms with E-state index in [1.54, 1.807) is 34.8 Å². The van der Waals surface area contributed by atoms with Crippen molar-refractivity contribution in [1.29, 1.82) is 0 Å². The van der Waals surface area contributed by atoms with E-state index in [-0.39, 0.29) is 42.8 Å². The van der Waals surface area contributed by atoms with Gasteiger partial charge in [0.05, 0.1) is 53.7 Å². The number of Topliss-reactive ketones (excluding diaryl/α,β-unsaturated/α-hetero) is 1. The third-order valence-corrected chi connectivity index (χ3v) is 13.1. The molecular formula is C41H73NO13. The maximum atomic E-state index is 14.3. The number of methoxy groups -OCH3 is 2. The van der Waals surface area contributed by atoms with E-state index in [1.807, 2.05) is 53.6 Å². The van der Waals surface area contributed by atoms with Crippen LogP contribution >= 0.6 is 0 Å². The van der Waals surface area contributed by atoms with E-state index < -0.39 is 95.5 Å². The van der Waals surface area contributed by atoms with E-state index in [9.17, 15) is 24.6 Å². The quantitative estimate of drug-likeness (QED) is 0.318. The second-order valence-corrected chi connectivity index (χ2v) is 17.6. The van der Waals surface area contributed by atoms with Gasteiger partial charge in [-0.15, -0.1) is 0 Å². The van der Waals surface area contributed by atoms with Crippen molar-refractivity contribution < 1.29 is 62.5 Å². The molecule has 0 unspecified atom stereocenters. The van der Waals surface area contributed by atoms with Crippen LogP contribution in [0.1, 0.15) is 109 Å². The summed E-state index contributed by atoms with van der Waals surface area (Å²) in [5.41, 5.74) is -3.81. The molecule has 3 aliphatic rings. The van der Waals surface area contributed by atoms with Crippen LogP contribution < -0.4 is 0 Å². The van der Waals surface area contributed by atoms with Crippen molar-refractivity contribution in [2.75, 3.05) is 28.3 Å². The molecule has 0 saturated carbocycles. The Morgan fingerprint density at radius 2 is 1.49 bits per heavy atom. The molecule has 3 rings (SSSR count). The summed E-state index contributed by atoms with van der Waals surface area (Å²) in [6.45, 7) is 21.1. The van der Waals surface area contributed by atoms with Gasteiger partial charge in [-0.05, 0) is 74.9 Å². The first kappa shape index (κ1) is 47.6. The van der Waals surface area contributed by atoms with Crippen molar-refractivity contribution >= 4 is 17.7 Å². The number of hydrogen-bond donors (Lipinski definition) is 2. The lowest BCUT2D eigenvalue weighted by Gasteiger charge is -2.50. The molecule has 14 heteroatoms. The summed E-state index contributed by atoms with van der Waals surface area (Å²) in [5.74, 6) is -4.84. The van der Waals surface area contributed by atoms with Crippen molar-refractivity contribution in [1.82, 2.24) is 4.90 Å². The van der Waals surface area contributed by atoms with E-state index in [4.69, 9.17) is 37.9 Å². The Hall–Kier alpha value is -1.75. The molecule has 0 aromatic rings. The Balaban J connectivity index is 2.27. The molecular weight excluding hydrogens is 714 g/mol. The largest absolute Gasteiger partial charge is 0.459 e. The number of cyclic esters (lactones) is 1. The molecule has 0 aromatic heterocycles. The van der Waals surface area contributed by atoms with Gasteiger partial charge in [0, 0.05) is 51.2 Å². The standard InChI is InChI=1S/C41H73NO13/c1-17-30-41(12,47)35(45)23(4)32(44)21(2)19-40(11,49-16)36(55-38-34(52-28(9)43)29(42(13)14)18-22(3)50-38)24(5)33(25(6)37(46)53-30)54-31-20-39(10,48-15)26(7)27(8)51-31/h21-27,29-31,33-36,38,45,47H,17-20H2,1-16H3/t21-,22-,23+,24+,25-,26+,27+,29+,30-,31+,33+,34-,35-,36-,38+,39-,40-,41-/m1/s1. The summed E-state index contributed by atoms with van der Waals surface area (Å²) in [5, 5.41) is 23.2. The number of hydrogen-bond acceptors (Lipinski definition) is 14. The van der Waals surface area contributed by atoms with Crippen molar-refractivity contribution in [3.63, 3.8) is 0 Å². The molecule has 3 aliphatic heterocycles. The van der Waals surface area contributed by atoms with Crippen molar-refractivity contribution in [2.24, 2.45) is 29.6 Å². The lowest BCUT2D eigenvalue weighted by molar-refractivity contribution is -0.316. The predicted molar refractivity (Wildman–Crippen MR) is 204 cm³/mol. The van der Waals surface area contributed by atoms with Gasteiger partial charge in [-0.2, -0.15) is 0 Å². The molecule has 0 radical (unpaired) electrons. The number of rotatable bonds is 9.